The first-order chi connectivity index (χ1) is 13.9. The summed E-state index contributed by atoms with van der Waals surface area (Å²) in [4.78, 5) is 12.0. The minimum atomic E-state index is -1.31. The van der Waals surface area contributed by atoms with Gasteiger partial charge in [0, 0.05) is 16.8 Å². The fourth-order valence-electron chi connectivity index (χ4n) is 3.10. The Morgan fingerprint density at radius 3 is 2.55 bits per heavy atom. The molecule has 8 nitrogen and oxygen atoms in total. The molecule has 0 heterocycles. The van der Waals surface area contributed by atoms with E-state index in [9.17, 15) is 9.90 Å². The van der Waals surface area contributed by atoms with Crippen molar-refractivity contribution >= 4 is 17.5 Å². The van der Waals surface area contributed by atoms with Gasteiger partial charge in [0.25, 0.3) is 0 Å². The van der Waals surface area contributed by atoms with Crippen LogP contribution in [-0.4, -0.2) is 35.3 Å². The first-order valence-electron chi connectivity index (χ1n) is 9.33. The fourth-order valence-corrected chi connectivity index (χ4v) is 3.10. The first-order valence-corrected chi connectivity index (χ1v) is 9.33. The van der Waals surface area contributed by atoms with Crippen LogP contribution in [0.4, 0.5) is 5.69 Å². The van der Waals surface area contributed by atoms with Crippen molar-refractivity contribution in [1.29, 1.82) is 0 Å². The number of nitrogens with one attached hydrogen (secondary N) is 1. The van der Waals surface area contributed by atoms with Gasteiger partial charge in [0.2, 0.25) is 0 Å². The topological polar surface area (TPSA) is 140 Å². The van der Waals surface area contributed by atoms with Crippen molar-refractivity contribution in [2.24, 2.45) is 10.9 Å². The fraction of sp³-hybridized carbons (Fsp3) is 0.333. The molecule has 1 atom stereocenters. The predicted molar refractivity (Wildman–Crippen MR) is 108 cm³/mol. The van der Waals surface area contributed by atoms with Crippen LogP contribution < -0.4 is 20.9 Å². The number of anilines is 1. The van der Waals surface area contributed by atoms with Crippen LogP contribution in [-0.2, 0) is 11.2 Å². The largest absolute Gasteiger partial charge is 0.548 e. The van der Waals surface area contributed by atoms with E-state index in [-0.39, 0.29) is 19.0 Å². The predicted octanol–water partition coefficient (Wildman–Crippen LogP) is 1.32. The number of nitrogens with zero attached hydrogens (tertiary/aromatic N) is 1. The molecule has 0 bridgehead atoms. The number of hydrogen-bond acceptors (Lipinski definition) is 7. The van der Waals surface area contributed by atoms with Crippen LogP contribution in [0.5, 0.6) is 5.75 Å². The minimum absolute atomic E-state index is 0.0458. The van der Waals surface area contributed by atoms with E-state index in [1.54, 1.807) is 30.3 Å². The highest BCUT2D eigenvalue weighted by atomic mass is 16.5. The number of carbonyl (C=O) groups is 1. The highest BCUT2D eigenvalue weighted by Crippen LogP contribution is 2.33. The van der Waals surface area contributed by atoms with Crippen LogP contribution >= 0.6 is 0 Å². The lowest BCUT2D eigenvalue weighted by Gasteiger charge is -2.26. The number of aryl methyl sites for hydroxylation is 2. The maximum atomic E-state index is 12.0. The van der Waals surface area contributed by atoms with Gasteiger partial charge in [0.1, 0.15) is 12.4 Å². The molecule has 0 aliphatic carbocycles. The Balaban J connectivity index is 2.44. The summed E-state index contributed by atoms with van der Waals surface area (Å²) >= 11 is 0. The summed E-state index contributed by atoms with van der Waals surface area (Å²) in [6.45, 7) is 3.78. The molecular formula is C21H26N3O5-. The van der Waals surface area contributed by atoms with Gasteiger partial charge in [-0.3, -0.25) is 0 Å². The van der Waals surface area contributed by atoms with Crippen LogP contribution in [0.1, 0.15) is 41.6 Å². The van der Waals surface area contributed by atoms with E-state index in [1.165, 1.54) is 0 Å². The van der Waals surface area contributed by atoms with E-state index in [4.69, 9.17) is 20.8 Å². The number of nitrogens with two attached hydrogens (primary N) is 1. The molecule has 0 aliphatic heterocycles. The number of hydrogen-bond donors (Lipinski definition) is 4. The number of carboxylic acids is 1. The minimum Gasteiger partial charge on any atom is -0.548 e. The number of aliphatic carboxylic acids is 1. The monoisotopic (exact) mass is 400 g/mol. The number of aliphatic hydroxyl groups is 1. The summed E-state index contributed by atoms with van der Waals surface area (Å²) in [5, 5.41) is 35.8. The summed E-state index contributed by atoms with van der Waals surface area (Å²) in [6, 6.07) is 8.98. The molecule has 2 aromatic rings. The van der Waals surface area contributed by atoms with Gasteiger partial charge in [-0.05, 0) is 49.2 Å². The molecular weight excluding hydrogens is 374 g/mol. The van der Waals surface area contributed by atoms with Crippen molar-refractivity contribution in [2.75, 3.05) is 18.5 Å². The van der Waals surface area contributed by atoms with Gasteiger partial charge in [0.15, 0.2) is 5.84 Å². The summed E-state index contributed by atoms with van der Waals surface area (Å²) in [5.41, 5.74) is 8.77. The number of carbonyl (C=O) groups excluding carboxylic acids is 1. The molecule has 0 fully saturated rings. The number of oxime groups is 1. The Morgan fingerprint density at radius 1 is 1.31 bits per heavy atom. The molecule has 29 heavy (non-hydrogen) atoms. The van der Waals surface area contributed by atoms with Crippen molar-refractivity contribution in [3.63, 3.8) is 0 Å². The Morgan fingerprint density at radius 2 is 2.00 bits per heavy atom. The average molecular weight is 400 g/mol. The van der Waals surface area contributed by atoms with Crippen molar-refractivity contribution < 1.29 is 25.0 Å². The number of benzene rings is 2. The van der Waals surface area contributed by atoms with Crippen LogP contribution in [0, 0.1) is 6.92 Å². The lowest BCUT2D eigenvalue weighted by molar-refractivity contribution is -0.307. The zero-order valence-electron chi connectivity index (χ0n) is 16.5. The van der Waals surface area contributed by atoms with E-state index in [2.05, 4.69) is 10.5 Å². The van der Waals surface area contributed by atoms with E-state index in [1.807, 2.05) is 19.9 Å². The zero-order valence-corrected chi connectivity index (χ0v) is 16.5. The molecule has 5 N–H and O–H groups in total. The second kappa shape index (κ2) is 10.3. The zero-order chi connectivity index (χ0) is 21.4. The average Bonchev–Trinajstić information content (AvgIpc) is 2.71. The van der Waals surface area contributed by atoms with Gasteiger partial charge in [0.05, 0.1) is 18.6 Å². The molecule has 1 unspecified atom stereocenters. The lowest BCUT2D eigenvalue weighted by atomic mass is 9.96. The normalized spacial score (nSPS) is 12.4. The van der Waals surface area contributed by atoms with E-state index in [0.29, 0.717) is 29.0 Å². The standard InChI is InChI=1S/C21H27N3O5/c1-3-4-15-11-13(2)12-17(19(15)29-10-9-25)18(21(26)27)23-16-7-5-14(6-8-16)20(22)24-28/h5-8,11-12,18,23,25,28H,3-4,9-10H2,1-2H3,(H2,22,24)(H,26,27)/p-1. The Hall–Kier alpha value is -3.26. The SMILES string of the molecule is CCCc1cc(C)cc(C(Nc2ccc(/C(N)=N/O)cc2)C(=O)[O-])c1OCCO. The van der Waals surface area contributed by atoms with Gasteiger partial charge in [-0.25, -0.2) is 0 Å². The third-order valence-corrected chi connectivity index (χ3v) is 4.34. The molecule has 0 saturated heterocycles. The van der Waals surface area contributed by atoms with E-state index >= 15 is 0 Å². The van der Waals surface area contributed by atoms with Gasteiger partial charge in [-0.2, -0.15) is 0 Å². The Labute approximate surface area is 169 Å². The Kier molecular flexibility index (Phi) is 7.85. The molecule has 0 aromatic heterocycles. The third-order valence-electron chi connectivity index (χ3n) is 4.34. The lowest BCUT2D eigenvalue weighted by Crippen LogP contribution is -2.35. The number of rotatable bonds is 10. The molecule has 156 valence electrons. The van der Waals surface area contributed by atoms with Gasteiger partial charge in [-0.1, -0.05) is 30.1 Å². The van der Waals surface area contributed by atoms with E-state index in [0.717, 1.165) is 17.5 Å². The molecule has 2 rings (SSSR count). The molecule has 0 saturated carbocycles. The Bertz CT molecular complexity index is 865. The quantitative estimate of drug-likeness (QED) is 0.204. The van der Waals surface area contributed by atoms with Gasteiger partial charge >= 0.3 is 0 Å². The third kappa shape index (κ3) is 5.61. The van der Waals surface area contributed by atoms with Crippen molar-refractivity contribution in [3.8, 4) is 5.75 Å². The highest BCUT2D eigenvalue weighted by Gasteiger charge is 2.21. The molecule has 8 heteroatoms. The summed E-state index contributed by atoms with van der Waals surface area (Å²) in [6.07, 6.45) is 1.57. The highest BCUT2D eigenvalue weighted by molar-refractivity contribution is 5.97. The molecule has 2 aromatic carbocycles. The van der Waals surface area contributed by atoms with Crippen LogP contribution in [0.15, 0.2) is 41.6 Å². The van der Waals surface area contributed by atoms with Crippen LogP contribution in [0.3, 0.4) is 0 Å². The summed E-state index contributed by atoms with van der Waals surface area (Å²) in [7, 11) is 0. The molecule has 0 aliphatic rings. The maximum Gasteiger partial charge on any atom is 0.170 e. The second-order valence-corrected chi connectivity index (χ2v) is 6.62. The summed E-state index contributed by atoms with van der Waals surface area (Å²) < 4.78 is 5.72. The number of amidine groups is 1. The van der Waals surface area contributed by atoms with Gasteiger partial charge in [-0.15, -0.1) is 0 Å². The van der Waals surface area contributed by atoms with Gasteiger partial charge < -0.3 is 36.0 Å². The molecule has 0 radical (unpaired) electrons. The van der Waals surface area contributed by atoms with Crippen molar-refractivity contribution in [3.05, 3.63) is 58.7 Å². The molecule has 0 spiro atoms. The first kappa shape index (κ1) is 22.0. The molecule has 0 amide bonds. The smallest absolute Gasteiger partial charge is 0.170 e. The van der Waals surface area contributed by atoms with E-state index < -0.39 is 12.0 Å². The number of aliphatic hydroxyl groups excluding tert-OH is 1. The summed E-state index contributed by atoms with van der Waals surface area (Å²) in [5.74, 6) is -0.913. The van der Waals surface area contributed by atoms with Crippen molar-refractivity contribution in [1.82, 2.24) is 0 Å². The number of ether oxygens (including phenoxy) is 1. The second-order valence-electron chi connectivity index (χ2n) is 6.62. The van der Waals surface area contributed by atoms with Crippen molar-refractivity contribution in [2.45, 2.75) is 32.7 Å². The number of carboxylic acid groups (broad SMARTS) is 1. The van der Waals surface area contributed by atoms with Crippen LogP contribution in [0.2, 0.25) is 0 Å². The maximum absolute atomic E-state index is 12.0. The van der Waals surface area contributed by atoms with Crippen LogP contribution in [0.25, 0.3) is 0 Å².